The molecule has 4 heterocycles. The Morgan fingerprint density at radius 3 is 2.88 bits per heavy atom. The van der Waals surface area contributed by atoms with Crippen LogP contribution in [0.15, 0.2) is 10.9 Å². The van der Waals surface area contributed by atoms with Crippen molar-refractivity contribution in [1.82, 2.24) is 15.0 Å². The van der Waals surface area contributed by atoms with Crippen molar-refractivity contribution in [1.29, 1.82) is 0 Å². The maximum atomic E-state index is 12.6. The summed E-state index contributed by atoms with van der Waals surface area (Å²) in [5.74, 6) is 0. The van der Waals surface area contributed by atoms with Gasteiger partial charge in [-0.3, -0.25) is 4.79 Å². The van der Waals surface area contributed by atoms with Crippen molar-refractivity contribution in [2.24, 2.45) is 0 Å². The molecule has 4 aromatic rings. The fourth-order valence-electron chi connectivity index (χ4n) is 3.01. The van der Waals surface area contributed by atoms with Gasteiger partial charge in [-0.2, -0.15) is 0 Å². The summed E-state index contributed by atoms with van der Waals surface area (Å²) in [5.41, 5.74) is 3.62. The molecule has 0 saturated heterocycles. The summed E-state index contributed by atoms with van der Waals surface area (Å²) >= 11 is 2.98. The van der Waals surface area contributed by atoms with E-state index in [0.717, 1.165) is 55.3 Å². The summed E-state index contributed by atoms with van der Waals surface area (Å²) in [7, 11) is 1.69. The lowest BCUT2D eigenvalue weighted by Gasteiger charge is -2.00. The van der Waals surface area contributed by atoms with E-state index in [1.165, 1.54) is 11.3 Å². The van der Waals surface area contributed by atoms with Gasteiger partial charge in [-0.25, -0.2) is 9.97 Å². The van der Waals surface area contributed by atoms with Crippen LogP contribution in [0.25, 0.3) is 30.6 Å². The highest BCUT2D eigenvalue weighted by atomic mass is 32.1. The van der Waals surface area contributed by atoms with Crippen molar-refractivity contribution in [3.63, 3.8) is 0 Å². The number of hydrogen-bond acceptors (Lipinski definition) is 7. The van der Waals surface area contributed by atoms with E-state index in [0.29, 0.717) is 11.3 Å². The molecule has 0 aliphatic rings. The number of aromatic nitrogens is 3. The molecule has 6 nitrogen and oxygen atoms in total. The van der Waals surface area contributed by atoms with Gasteiger partial charge in [-0.1, -0.05) is 11.3 Å². The van der Waals surface area contributed by atoms with Crippen LogP contribution in [0.5, 0.6) is 0 Å². The molecule has 0 bridgehead atoms. The van der Waals surface area contributed by atoms with Gasteiger partial charge >= 0.3 is 0 Å². The molecule has 2 N–H and O–H groups in total. The Hall–Kier alpha value is -2.03. The zero-order valence-corrected chi connectivity index (χ0v) is 15.9. The third kappa shape index (κ3) is 2.80. The Morgan fingerprint density at radius 1 is 1.24 bits per heavy atom. The van der Waals surface area contributed by atoms with E-state index < -0.39 is 0 Å². The van der Waals surface area contributed by atoms with Gasteiger partial charge in [0.15, 0.2) is 5.13 Å². The summed E-state index contributed by atoms with van der Waals surface area (Å²) < 4.78 is 6.70. The maximum Gasteiger partial charge on any atom is 0.268 e. The molecule has 4 rings (SSSR count). The Balaban J connectivity index is 1.89. The summed E-state index contributed by atoms with van der Waals surface area (Å²) in [5, 5.41) is 5.07. The van der Waals surface area contributed by atoms with E-state index in [-0.39, 0.29) is 5.56 Å². The number of thiazole rings is 1. The average molecular weight is 374 g/mol. The van der Waals surface area contributed by atoms with Crippen LogP contribution in [0.1, 0.15) is 17.7 Å². The van der Waals surface area contributed by atoms with Gasteiger partial charge in [0.2, 0.25) is 0 Å². The van der Waals surface area contributed by atoms with Crippen LogP contribution in [0.4, 0.5) is 5.13 Å². The first-order chi connectivity index (χ1) is 12.1. The number of nitrogens with zero attached hydrogens (tertiary/aromatic N) is 2. The van der Waals surface area contributed by atoms with Crippen molar-refractivity contribution in [2.45, 2.75) is 20.3 Å². The predicted molar refractivity (Wildman–Crippen MR) is 105 cm³/mol. The molecular weight excluding hydrogens is 356 g/mol. The highest BCUT2D eigenvalue weighted by Gasteiger charge is 2.17. The monoisotopic (exact) mass is 374 g/mol. The molecule has 0 aliphatic carbocycles. The topological polar surface area (TPSA) is 79.9 Å². The van der Waals surface area contributed by atoms with Crippen LogP contribution in [0.3, 0.4) is 0 Å². The predicted octanol–water partition coefficient (Wildman–Crippen LogP) is 3.81. The number of H-pyrrole nitrogens is 1. The number of aryl methyl sites for hydroxylation is 2. The molecule has 0 amide bonds. The van der Waals surface area contributed by atoms with Gasteiger partial charge in [0, 0.05) is 31.3 Å². The number of ether oxygens (including phenoxy) is 1. The summed E-state index contributed by atoms with van der Waals surface area (Å²) in [6.07, 6.45) is 0.892. The third-order valence-corrected chi connectivity index (χ3v) is 6.18. The fourth-order valence-corrected chi connectivity index (χ4v) is 5.22. The summed E-state index contributed by atoms with van der Waals surface area (Å²) in [6, 6.07) is 2.04. The molecule has 0 atom stereocenters. The first-order valence-corrected chi connectivity index (χ1v) is 9.68. The number of nitrogens with one attached hydrogen (secondary N) is 2. The molecule has 0 unspecified atom stereocenters. The Morgan fingerprint density at radius 2 is 2.08 bits per heavy atom. The standard InChI is InChI=1S/C17H18N4O2S2/c1-8-7-9(2)19-16-10(8)11-13(24-16)12-14(15(22)20-11)25-17(21-12)18-5-4-6-23-3/h7H,4-6H2,1-3H3,(H,18,21)(H,20,22). The molecule has 0 aliphatic heterocycles. The Labute approximate surface area is 151 Å². The molecule has 0 fully saturated rings. The molecule has 0 saturated carbocycles. The average Bonchev–Trinajstić information content (AvgIpc) is 3.13. The highest BCUT2D eigenvalue weighted by molar-refractivity contribution is 7.27. The van der Waals surface area contributed by atoms with E-state index in [2.05, 4.69) is 27.2 Å². The van der Waals surface area contributed by atoms with E-state index in [9.17, 15) is 4.79 Å². The minimum absolute atomic E-state index is 0.0929. The highest BCUT2D eigenvalue weighted by Crippen LogP contribution is 2.38. The van der Waals surface area contributed by atoms with Gasteiger partial charge in [0.05, 0.1) is 10.2 Å². The number of fused-ring (bicyclic) bond motifs is 5. The molecule has 0 spiro atoms. The first kappa shape index (κ1) is 16.4. The fraction of sp³-hybridized carbons (Fsp3) is 0.353. The lowest BCUT2D eigenvalue weighted by atomic mass is 10.1. The quantitative estimate of drug-likeness (QED) is 0.519. The number of pyridine rings is 2. The van der Waals surface area contributed by atoms with Crippen molar-refractivity contribution < 1.29 is 4.74 Å². The number of aromatic amines is 1. The van der Waals surface area contributed by atoms with Crippen LogP contribution < -0.4 is 10.9 Å². The van der Waals surface area contributed by atoms with Crippen molar-refractivity contribution in [3.8, 4) is 0 Å². The van der Waals surface area contributed by atoms with E-state index in [1.54, 1.807) is 18.4 Å². The second-order valence-corrected chi connectivity index (χ2v) is 7.99. The summed E-state index contributed by atoms with van der Waals surface area (Å²) in [6.45, 7) is 5.50. The molecule has 25 heavy (non-hydrogen) atoms. The van der Waals surface area contributed by atoms with Crippen molar-refractivity contribution >= 4 is 58.5 Å². The number of anilines is 1. The first-order valence-electron chi connectivity index (χ1n) is 8.04. The van der Waals surface area contributed by atoms with Gasteiger partial charge < -0.3 is 15.0 Å². The van der Waals surface area contributed by atoms with Crippen molar-refractivity contribution in [3.05, 3.63) is 27.7 Å². The molecule has 0 aromatic carbocycles. The number of methoxy groups -OCH3 is 1. The lowest BCUT2D eigenvalue weighted by Crippen LogP contribution is -2.03. The summed E-state index contributed by atoms with van der Waals surface area (Å²) in [4.78, 5) is 25.8. The van der Waals surface area contributed by atoms with E-state index in [1.807, 2.05) is 13.0 Å². The van der Waals surface area contributed by atoms with Gasteiger partial charge in [-0.15, -0.1) is 11.3 Å². The normalized spacial score (nSPS) is 11.8. The van der Waals surface area contributed by atoms with Gasteiger partial charge in [0.1, 0.15) is 15.0 Å². The zero-order chi connectivity index (χ0) is 17.6. The molecular formula is C17H18N4O2S2. The smallest absolute Gasteiger partial charge is 0.268 e. The second-order valence-electron chi connectivity index (χ2n) is 5.99. The maximum absolute atomic E-state index is 12.6. The molecule has 4 aromatic heterocycles. The second kappa shape index (κ2) is 6.36. The largest absolute Gasteiger partial charge is 0.385 e. The van der Waals surface area contributed by atoms with Crippen LogP contribution in [-0.2, 0) is 4.74 Å². The Bertz CT molecular complexity index is 1140. The minimum Gasteiger partial charge on any atom is -0.385 e. The van der Waals surface area contributed by atoms with Crippen LogP contribution in [0.2, 0.25) is 0 Å². The third-order valence-electron chi connectivity index (χ3n) is 4.08. The van der Waals surface area contributed by atoms with Crippen LogP contribution in [0, 0.1) is 13.8 Å². The van der Waals surface area contributed by atoms with Crippen molar-refractivity contribution in [2.75, 3.05) is 25.6 Å². The number of hydrogen-bond donors (Lipinski definition) is 2. The van der Waals surface area contributed by atoms with Crippen LogP contribution >= 0.6 is 22.7 Å². The van der Waals surface area contributed by atoms with E-state index >= 15 is 0 Å². The molecule has 8 heteroatoms. The Kier molecular flexibility index (Phi) is 4.18. The molecule has 130 valence electrons. The van der Waals surface area contributed by atoms with Gasteiger partial charge in [0.25, 0.3) is 5.56 Å². The number of thiophene rings is 1. The van der Waals surface area contributed by atoms with E-state index in [4.69, 9.17) is 4.74 Å². The minimum atomic E-state index is -0.0929. The van der Waals surface area contributed by atoms with Gasteiger partial charge in [-0.05, 0) is 31.9 Å². The number of rotatable bonds is 5. The SMILES string of the molecule is COCCCNc1nc2c(s1)c(=O)[nH]c1c2sc2nc(C)cc(C)c21. The van der Waals surface area contributed by atoms with Crippen LogP contribution in [-0.4, -0.2) is 35.2 Å². The lowest BCUT2D eigenvalue weighted by molar-refractivity contribution is 0.198. The molecule has 0 radical (unpaired) electrons. The zero-order valence-electron chi connectivity index (χ0n) is 14.2.